The average molecular weight is 308 g/mol. The van der Waals surface area contributed by atoms with E-state index in [9.17, 15) is 18.0 Å². The number of aryl methyl sites for hydroxylation is 1. The first-order valence-electron chi connectivity index (χ1n) is 6.41. The molecule has 0 saturated heterocycles. The van der Waals surface area contributed by atoms with Crippen LogP contribution in [0.3, 0.4) is 0 Å². The summed E-state index contributed by atoms with van der Waals surface area (Å²) in [4.78, 5) is 11.7. The standard InChI is InChI=1S/C12H19F3N4O2/c1-7(2)4-5-19-9(16)8(11(20)21-3)10(18-19)17-6-12(13,14)15/h7H,4-6,16H2,1-3H3,(H,17,18). The van der Waals surface area contributed by atoms with Gasteiger partial charge in [-0.2, -0.15) is 18.3 Å². The van der Waals surface area contributed by atoms with E-state index in [1.54, 1.807) is 0 Å². The van der Waals surface area contributed by atoms with Crippen LogP contribution >= 0.6 is 0 Å². The van der Waals surface area contributed by atoms with Gasteiger partial charge in [0.15, 0.2) is 5.82 Å². The number of rotatable bonds is 6. The number of nitrogens with one attached hydrogen (secondary N) is 1. The molecule has 0 radical (unpaired) electrons. The van der Waals surface area contributed by atoms with Crippen LogP contribution in [0.4, 0.5) is 24.8 Å². The number of ether oxygens (including phenoxy) is 1. The number of carbonyl (C=O) groups excluding carboxylic acids is 1. The van der Waals surface area contributed by atoms with Crippen molar-refractivity contribution in [3.05, 3.63) is 5.56 Å². The van der Waals surface area contributed by atoms with E-state index in [1.807, 2.05) is 13.8 Å². The summed E-state index contributed by atoms with van der Waals surface area (Å²) in [6.45, 7) is 3.08. The zero-order valence-corrected chi connectivity index (χ0v) is 12.1. The Morgan fingerprint density at radius 3 is 2.57 bits per heavy atom. The minimum absolute atomic E-state index is 0.00725. The molecule has 0 aliphatic heterocycles. The highest BCUT2D eigenvalue weighted by atomic mass is 19.4. The molecule has 0 aromatic carbocycles. The first-order chi connectivity index (χ1) is 9.65. The molecule has 1 aromatic rings. The Morgan fingerprint density at radius 1 is 1.48 bits per heavy atom. The van der Waals surface area contributed by atoms with Gasteiger partial charge in [0.1, 0.15) is 17.9 Å². The zero-order chi connectivity index (χ0) is 16.2. The van der Waals surface area contributed by atoms with E-state index in [0.717, 1.165) is 13.5 Å². The fraction of sp³-hybridized carbons (Fsp3) is 0.667. The number of alkyl halides is 3. The van der Waals surface area contributed by atoms with Crippen LogP contribution in [0.15, 0.2) is 0 Å². The highest BCUT2D eigenvalue weighted by Gasteiger charge is 2.30. The smallest absolute Gasteiger partial charge is 0.405 e. The Bertz CT molecular complexity index is 497. The molecule has 0 amide bonds. The van der Waals surface area contributed by atoms with Gasteiger partial charge in [0.25, 0.3) is 0 Å². The zero-order valence-electron chi connectivity index (χ0n) is 12.1. The summed E-state index contributed by atoms with van der Waals surface area (Å²) in [6, 6.07) is 0. The third-order valence-electron chi connectivity index (χ3n) is 2.76. The van der Waals surface area contributed by atoms with Crippen LogP contribution in [-0.4, -0.2) is 35.6 Å². The molecule has 9 heteroatoms. The second kappa shape index (κ2) is 6.68. The number of carbonyl (C=O) groups is 1. The monoisotopic (exact) mass is 308 g/mol. The number of hydrogen-bond acceptors (Lipinski definition) is 5. The van der Waals surface area contributed by atoms with Gasteiger partial charge in [-0.05, 0) is 12.3 Å². The number of aromatic nitrogens is 2. The highest BCUT2D eigenvalue weighted by molar-refractivity contribution is 5.99. The molecule has 6 nitrogen and oxygen atoms in total. The number of hydrogen-bond donors (Lipinski definition) is 2. The summed E-state index contributed by atoms with van der Waals surface area (Å²) in [7, 11) is 1.13. The number of nitrogens with two attached hydrogens (primary N) is 1. The number of nitrogen functional groups attached to an aromatic ring is 1. The van der Waals surface area contributed by atoms with Crippen LogP contribution in [-0.2, 0) is 11.3 Å². The molecule has 1 heterocycles. The van der Waals surface area contributed by atoms with E-state index in [0.29, 0.717) is 12.5 Å². The van der Waals surface area contributed by atoms with Crippen molar-refractivity contribution in [2.45, 2.75) is 33.0 Å². The summed E-state index contributed by atoms with van der Waals surface area (Å²) < 4.78 is 42.7. The third-order valence-corrected chi connectivity index (χ3v) is 2.76. The molecule has 0 spiro atoms. The minimum atomic E-state index is -4.43. The first-order valence-corrected chi connectivity index (χ1v) is 6.41. The van der Waals surface area contributed by atoms with Crippen molar-refractivity contribution in [2.24, 2.45) is 5.92 Å². The van der Waals surface area contributed by atoms with Gasteiger partial charge in [0, 0.05) is 6.54 Å². The van der Waals surface area contributed by atoms with Gasteiger partial charge in [-0.15, -0.1) is 0 Å². The van der Waals surface area contributed by atoms with Crippen LogP contribution in [0, 0.1) is 5.92 Å². The van der Waals surface area contributed by atoms with Crippen LogP contribution < -0.4 is 11.1 Å². The molecule has 21 heavy (non-hydrogen) atoms. The normalized spacial score (nSPS) is 11.8. The molecule has 1 rings (SSSR count). The number of esters is 1. The van der Waals surface area contributed by atoms with E-state index in [4.69, 9.17) is 5.73 Å². The van der Waals surface area contributed by atoms with Crippen LogP contribution in [0.1, 0.15) is 30.6 Å². The maximum Gasteiger partial charge on any atom is 0.405 e. The predicted molar refractivity (Wildman–Crippen MR) is 72.0 cm³/mol. The Morgan fingerprint density at radius 2 is 2.10 bits per heavy atom. The fourth-order valence-corrected chi connectivity index (χ4v) is 1.64. The van der Waals surface area contributed by atoms with Crippen molar-refractivity contribution in [3.63, 3.8) is 0 Å². The molecule has 120 valence electrons. The lowest BCUT2D eigenvalue weighted by molar-refractivity contribution is -0.115. The lowest BCUT2D eigenvalue weighted by atomic mass is 10.1. The summed E-state index contributed by atoms with van der Waals surface area (Å²) in [5.74, 6) is -0.692. The maximum atomic E-state index is 12.3. The molecular formula is C12H19F3N4O2. The second-order valence-electron chi connectivity index (χ2n) is 4.97. The van der Waals surface area contributed by atoms with Crippen molar-refractivity contribution >= 4 is 17.6 Å². The van der Waals surface area contributed by atoms with E-state index >= 15 is 0 Å². The molecule has 3 N–H and O–H groups in total. The summed E-state index contributed by atoms with van der Waals surface area (Å²) in [6.07, 6.45) is -3.70. The number of anilines is 2. The quantitative estimate of drug-likeness (QED) is 0.788. The van der Waals surface area contributed by atoms with Gasteiger partial charge in [0.2, 0.25) is 0 Å². The SMILES string of the molecule is COC(=O)c1c(NCC(F)(F)F)nn(CCC(C)C)c1N. The van der Waals surface area contributed by atoms with E-state index in [2.05, 4.69) is 15.2 Å². The summed E-state index contributed by atoms with van der Waals surface area (Å²) in [5.41, 5.74) is 5.61. The van der Waals surface area contributed by atoms with Crippen molar-refractivity contribution in [1.29, 1.82) is 0 Å². The van der Waals surface area contributed by atoms with Crippen molar-refractivity contribution < 1.29 is 22.7 Å². The van der Waals surface area contributed by atoms with Gasteiger partial charge < -0.3 is 15.8 Å². The molecule has 1 aromatic heterocycles. The lowest BCUT2D eigenvalue weighted by Gasteiger charge is -2.08. The van der Waals surface area contributed by atoms with E-state index in [1.165, 1.54) is 4.68 Å². The molecule has 0 fully saturated rings. The highest BCUT2D eigenvalue weighted by Crippen LogP contribution is 2.25. The Hall–Kier alpha value is -1.93. The van der Waals surface area contributed by atoms with Crippen molar-refractivity contribution in [3.8, 4) is 0 Å². The van der Waals surface area contributed by atoms with Gasteiger partial charge in [-0.3, -0.25) is 0 Å². The van der Waals surface area contributed by atoms with Crippen molar-refractivity contribution in [2.75, 3.05) is 24.7 Å². The third kappa shape index (κ3) is 4.83. The minimum Gasteiger partial charge on any atom is -0.465 e. The van der Waals surface area contributed by atoms with Crippen LogP contribution in [0.2, 0.25) is 0 Å². The maximum absolute atomic E-state index is 12.3. The molecule has 0 aliphatic carbocycles. The fourth-order valence-electron chi connectivity index (χ4n) is 1.64. The molecule has 0 aliphatic rings. The van der Waals surface area contributed by atoms with Gasteiger partial charge in [0.05, 0.1) is 7.11 Å². The first kappa shape index (κ1) is 17.1. The van der Waals surface area contributed by atoms with Gasteiger partial charge >= 0.3 is 12.1 Å². The van der Waals surface area contributed by atoms with Crippen LogP contribution in [0.25, 0.3) is 0 Å². The lowest BCUT2D eigenvalue weighted by Crippen LogP contribution is -2.22. The van der Waals surface area contributed by atoms with Crippen LogP contribution in [0.5, 0.6) is 0 Å². The Balaban J connectivity index is 3.03. The molecule has 0 unspecified atom stereocenters. The summed E-state index contributed by atoms with van der Waals surface area (Å²) >= 11 is 0. The molecule has 0 saturated carbocycles. The Labute approximate surface area is 120 Å². The molecule has 0 bridgehead atoms. The second-order valence-corrected chi connectivity index (χ2v) is 4.97. The summed E-state index contributed by atoms with van der Waals surface area (Å²) in [5, 5.41) is 6.01. The van der Waals surface area contributed by atoms with Gasteiger partial charge in [-0.1, -0.05) is 13.8 Å². The number of methoxy groups -OCH3 is 1. The average Bonchev–Trinajstić information content (AvgIpc) is 2.69. The Kier molecular flexibility index (Phi) is 5.45. The number of halogens is 3. The van der Waals surface area contributed by atoms with E-state index < -0.39 is 18.7 Å². The van der Waals surface area contributed by atoms with Gasteiger partial charge in [-0.25, -0.2) is 9.48 Å². The molecule has 0 atom stereocenters. The van der Waals surface area contributed by atoms with Crippen molar-refractivity contribution in [1.82, 2.24) is 9.78 Å². The molecular weight excluding hydrogens is 289 g/mol. The largest absolute Gasteiger partial charge is 0.465 e. The number of nitrogens with zero attached hydrogens (tertiary/aromatic N) is 2. The predicted octanol–water partition coefficient (Wildman–Crippen LogP) is 2.27. The van der Waals surface area contributed by atoms with E-state index in [-0.39, 0.29) is 17.2 Å². The topological polar surface area (TPSA) is 82.2 Å².